The van der Waals surface area contributed by atoms with Gasteiger partial charge < -0.3 is 10.6 Å². The Morgan fingerprint density at radius 2 is 2.00 bits per heavy atom. The fourth-order valence-corrected chi connectivity index (χ4v) is 2.16. The summed E-state index contributed by atoms with van der Waals surface area (Å²) in [7, 11) is 0. The normalized spacial score (nSPS) is 16.1. The minimum Gasteiger partial charge on any atom is -0.343 e. The van der Waals surface area contributed by atoms with Crippen LogP contribution in [0, 0.1) is 5.92 Å². The maximum Gasteiger partial charge on any atom is 0.219 e. The van der Waals surface area contributed by atoms with Gasteiger partial charge in [-0.3, -0.25) is 4.79 Å². The maximum atomic E-state index is 11.3. The molecule has 1 fully saturated rings. The van der Waals surface area contributed by atoms with Crippen LogP contribution in [0.1, 0.15) is 39.0 Å². The Hall–Kier alpha value is -0.280. The average molecular weight is 235 g/mol. The summed E-state index contributed by atoms with van der Waals surface area (Å²) >= 11 is 0. The standard InChI is InChI=1S/C11H22N2O.ClH/c1-10(14)13(8-4-7-12)9-11-5-2-3-6-11;/h11H,2-9,12H2,1H3;1H. The molecule has 0 unspecified atom stereocenters. The number of halogens is 1. The van der Waals surface area contributed by atoms with Gasteiger partial charge in [0.2, 0.25) is 5.91 Å². The molecular formula is C11H23ClN2O. The number of rotatable bonds is 5. The van der Waals surface area contributed by atoms with Crippen molar-refractivity contribution in [1.29, 1.82) is 0 Å². The van der Waals surface area contributed by atoms with E-state index >= 15 is 0 Å². The first kappa shape index (κ1) is 14.7. The molecule has 0 aromatic rings. The van der Waals surface area contributed by atoms with Crippen molar-refractivity contribution in [2.45, 2.75) is 39.0 Å². The minimum atomic E-state index is 0. The van der Waals surface area contributed by atoms with Crippen LogP contribution in [0.3, 0.4) is 0 Å². The predicted octanol–water partition coefficient (Wildman–Crippen LogP) is 1.80. The van der Waals surface area contributed by atoms with Gasteiger partial charge in [0.05, 0.1) is 0 Å². The molecule has 0 aliphatic heterocycles. The van der Waals surface area contributed by atoms with Crippen LogP contribution < -0.4 is 5.73 Å². The minimum absolute atomic E-state index is 0. The first-order valence-corrected chi connectivity index (χ1v) is 5.69. The van der Waals surface area contributed by atoms with E-state index in [1.165, 1.54) is 25.7 Å². The van der Waals surface area contributed by atoms with Crippen LogP contribution in [-0.2, 0) is 4.79 Å². The quantitative estimate of drug-likeness (QED) is 0.789. The van der Waals surface area contributed by atoms with Crippen LogP contribution in [0.5, 0.6) is 0 Å². The molecule has 0 bridgehead atoms. The zero-order chi connectivity index (χ0) is 10.4. The molecule has 0 saturated heterocycles. The van der Waals surface area contributed by atoms with E-state index in [0.717, 1.165) is 25.4 Å². The summed E-state index contributed by atoms with van der Waals surface area (Å²) in [5.74, 6) is 0.946. The summed E-state index contributed by atoms with van der Waals surface area (Å²) in [6, 6.07) is 0. The molecule has 0 aromatic carbocycles. The third-order valence-corrected chi connectivity index (χ3v) is 3.03. The van der Waals surface area contributed by atoms with Gasteiger partial charge in [-0.2, -0.15) is 0 Å². The Morgan fingerprint density at radius 1 is 1.40 bits per heavy atom. The third-order valence-electron chi connectivity index (χ3n) is 3.03. The van der Waals surface area contributed by atoms with E-state index in [1.54, 1.807) is 6.92 Å². The average Bonchev–Trinajstić information content (AvgIpc) is 2.64. The highest BCUT2D eigenvalue weighted by Gasteiger charge is 2.19. The lowest BCUT2D eigenvalue weighted by atomic mass is 10.1. The second kappa shape index (κ2) is 7.94. The number of nitrogens with zero attached hydrogens (tertiary/aromatic N) is 1. The van der Waals surface area contributed by atoms with Crippen LogP contribution in [0.2, 0.25) is 0 Å². The van der Waals surface area contributed by atoms with E-state index in [0.29, 0.717) is 6.54 Å². The maximum absolute atomic E-state index is 11.3. The van der Waals surface area contributed by atoms with Gasteiger partial charge in [-0.1, -0.05) is 12.8 Å². The first-order chi connectivity index (χ1) is 6.74. The molecule has 0 radical (unpaired) electrons. The van der Waals surface area contributed by atoms with E-state index in [4.69, 9.17) is 5.73 Å². The van der Waals surface area contributed by atoms with Gasteiger partial charge in [0.25, 0.3) is 0 Å². The van der Waals surface area contributed by atoms with Crippen molar-refractivity contribution in [3.63, 3.8) is 0 Å². The summed E-state index contributed by atoms with van der Waals surface area (Å²) < 4.78 is 0. The molecular weight excluding hydrogens is 212 g/mol. The second-order valence-electron chi connectivity index (χ2n) is 4.26. The zero-order valence-electron chi connectivity index (χ0n) is 9.58. The number of carbonyl (C=O) groups excluding carboxylic acids is 1. The molecule has 15 heavy (non-hydrogen) atoms. The van der Waals surface area contributed by atoms with Crippen LogP contribution in [0.15, 0.2) is 0 Å². The fraction of sp³-hybridized carbons (Fsp3) is 0.909. The van der Waals surface area contributed by atoms with Gasteiger partial charge in [0, 0.05) is 20.0 Å². The van der Waals surface area contributed by atoms with Crippen molar-refractivity contribution in [3.05, 3.63) is 0 Å². The second-order valence-corrected chi connectivity index (χ2v) is 4.26. The number of hydrogen-bond donors (Lipinski definition) is 1. The van der Waals surface area contributed by atoms with Gasteiger partial charge in [-0.25, -0.2) is 0 Å². The SMILES string of the molecule is CC(=O)N(CCCN)CC1CCCC1.Cl. The highest BCUT2D eigenvalue weighted by molar-refractivity contribution is 5.85. The predicted molar refractivity (Wildman–Crippen MR) is 65.1 cm³/mol. The van der Waals surface area contributed by atoms with E-state index in [1.807, 2.05) is 4.90 Å². The summed E-state index contributed by atoms with van der Waals surface area (Å²) in [5, 5.41) is 0. The Bertz CT molecular complexity index is 181. The number of nitrogens with two attached hydrogens (primary N) is 1. The Labute approximate surface area is 98.8 Å². The Kier molecular flexibility index (Phi) is 7.79. The molecule has 90 valence electrons. The molecule has 2 N–H and O–H groups in total. The number of hydrogen-bond acceptors (Lipinski definition) is 2. The molecule has 3 nitrogen and oxygen atoms in total. The zero-order valence-corrected chi connectivity index (χ0v) is 10.4. The lowest BCUT2D eigenvalue weighted by molar-refractivity contribution is -0.129. The van der Waals surface area contributed by atoms with Crippen molar-refractivity contribution < 1.29 is 4.79 Å². The molecule has 4 heteroatoms. The molecule has 0 aromatic heterocycles. The van der Waals surface area contributed by atoms with Crippen molar-refractivity contribution in [2.75, 3.05) is 19.6 Å². The molecule has 0 spiro atoms. The highest BCUT2D eigenvalue weighted by Crippen LogP contribution is 2.25. The van der Waals surface area contributed by atoms with Crippen molar-refractivity contribution in [3.8, 4) is 0 Å². The molecule has 1 rings (SSSR count). The number of carbonyl (C=O) groups is 1. The highest BCUT2D eigenvalue weighted by atomic mass is 35.5. The van der Waals surface area contributed by atoms with Gasteiger partial charge >= 0.3 is 0 Å². The first-order valence-electron chi connectivity index (χ1n) is 5.69. The van der Waals surface area contributed by atoms with Crippen LogP contribution in [0.25, 0.3) is 0 Å². The molecule has 1 aliphatic carbocycles. The molecule has 1 amide bonds. The van der Waals surface area contributed by atoms with E-state index < -0.39 is 0 Å². The topological polar surface area (TPSA) is 46.3 Å². The fourth-order valence-electron chi connectivity index (χ4n) is 2.16. The smallest absolute Gasteiger partial charge is 0.219 e. The number of amides is 1. The lowest BCUT2D eigenvalue weighted by Gasteiger charge is -2.24. The van der Waals surface area contributed by atoms with Gasteiger partial charge in [-0.15, -0.1) is 12.4 Å². The summed E-state index contributed by atoms with van der Waals surface area (Å²) in [6.07, 6.45) is 6.20. The molecule has 0 atom stereocenters. The van der Waals surface area contributed by atoms with E-state index in [2.05, 4.69) is 0 Å². The monoisotopic (exact) mass is 234 g/mol. The van der Waals surface area contributed by atoms with Crippen molar-refractivity contribution in [2.24, 2.45) is 11.7 Å². The van der Waals surface area contributed by atoms with Crippen molar-refractivity contribution in [1.82, 2.24) is 4.90 Å². The summed E-state index contributed by atoms with van der Waals surface area (Å²) in [5.41, 5.74) is 5.45. The van der Waals surface area contributed by atoms with Gasteiger partial charge in [0.15, 0.2) is 0 Å². The van der Waals surface area contributed by atoms with E-state index in [-0.39, 0.29) is 18.3 Å². The summed E-state index contributed by atoms with van der Waals surface area (Å²) in [4.78, 5) is 13.3. The molecule has 1 saturated carbocycles. The van der Waals surface area contributed by atoms with Crippen molar-refractivity contribution >= 4 is 18.3 Å². The van der Waals surface area contributed by atoms with E-state index in [9.17, 15) is 4.79 Å². The van der Waals surface area contributed by atoms with Gasteiger partial charge in [-0.05, 0) is 31.7 Å². The molecule has 0 heterocycles. The summed E-state index contributed by atoms with van der Waals surface area (Å²) in [6.45, 7) is 4.12. The Morgan fingerprint density at radius 3 is 2.47 bits per heavy atom. The van der Waals surface area contributed by atoms with Crippen LogP contribution in [0.4, 0.5) is 0 Å². The molecule has 1 aliphatic rings. The third kappa shape index (κ3) is 5.38. The van der Waals surface area contributed by atoms with Crippen LogP contribution in [-0.4, -0.2) is 30.4 Å². The lowest BCUT2D eigenvalue weighted by Crippen LogP contribution is -2.34. The van der Waals surface area contributed by atoms with Gasteiger partial charge in [0.1, 0.15) is 0 Å². The Balaban J connectivity index is 0.00000196. The van der Waals surface area contributed by atoms with Crippen LogP contribution >= 0.6 is 12.4 Å². The largest absolute Gasteiger partial charge is 0.343 e.